The van der Waals surface area contributed by atoms with Crippen molar-refractivity contribution in [3.05, 3.63) is 64.5 Å². The number of nitrogens with one attached hydrogen (secondary N) is 1. The fraction of sp³-hybridized carbons (Fsp3) is 0.200. The number of rotatable bonds is 3. The highest BCUT2D eigenvalue weighted by Crippen LogP contribution is 2.20. The molecule has 1 aliphatic rings. The number of allylic oxidation sites excluding steroid dienone is 2. The molecule has 1 amide bonds. The predicted molar refractivity (Wildman–Crippen MR) is 88.1 cm³/mol. The lowest BCUT2D eigenvalue weighted by molar-refractivity contribution is -0.108. The van der Waals surface area contributed by atoms with Crippen LogP contribution in [0, 0.1) is 6.92 Å². The molecule has 0 unspecified atom stereocenters. The number of aryl methyl sites for hydroxylation is 1. The zero-order valence-electron chi connectivity index (χ0n) is 12.5. The largest absolute Gasteiger partial charge is 0.491 e. The highest BCUT2D eigenvalue weighted by atomic mass is 35.5. The number of carbonyl (C=O) groups is 1. The average Bonchev–Trinajstić information content (AvgIpc) is 2.82. The van der Waals surface area contributed by atoms with Gasteiger partial charge in [-0.1, -0.05) is 24.3 Å². The van der Waals surface area contributed by atoms with Crippen molar-refractivity contribution in [2.45, 2.75) is 13.8 Å². The number of aromatic nitrogens is 1. The minimum atomic E-state index is -0.939. The lowest BCUT2D eigenvalue weighted by atomic mass is 9.77. The molecule has 22 heavy (non-hydrogen) atoms. The SMILES string of the molecule is C=C1COB(O)/C1=C/C(=C\C)NC=O.Cc1cnccc1Cl. The van der Waals surface area contributed by atoms with Crippen LogP contribution in [0.2, 0.25) is 5.02 Å². The second-order valence-electron chi connectivity index (χ2n) is 4.50. The fourth-order valence-corrected chi connectivity index (χ4v) is 1.71. The van der Waals surface area contributed by atoms with Gasteiger partial charge in [0.15, 0.2) is 0 Å². The average molecular weight is 321 g/mol. The van der Waals surface area contributed by atoms with E-state index in [1.54, 1.807) is 37.5 Å². The third-order valence-electron chi connectivity index (χ3n) is 2.89. The molecule has 1 aromatic rings. The molecule has 0 bridgehead atoms. The minimum absolute atomic E-state index is 0.324. The van der Waals surface area contributed by atoms with E-state index < -0.39 is 7.12 Å². The standard InChI is InChI=1S/C9H12BNO3.C6H6ClN/c1-3-8(11-6-12)4-9-7(2)5-14-10(9)13;1-5-4-8-3-2-6(5)7/h3-4,6,13H,2,5H2,1H3,(H,11,12);2-4H,1H3/b8-3+,9-4+;. The molecule has 0 saturated carbocycles. The second kappa shape index (κ2) is 9.20. The van der Waals surface area contributed by atoms with Gasteiger partial charge in [0.05, 0.1) is 6.61 Å². The van der Waals surface area contributed by atoms with E-state index in [9.17, 15) is 9.82 Å². The van der Waals surface area contributed by atoms with Gasteiger partial charge in [-0.3, -0.25) is 9.78 Å². The molecule has 0 aliphatic carbocycles. The first-order valence-corrected chi connectivity index (χ1v) is 6.99. The Morgan fingerprint density at radius 2 is 2.36 bits per heavy atom. The van der Waals surface area contributed by atoms with Crippen LogP contribution in [0.15, 0.2) is 53.9 Å². The highest BCUT2D eigenvalue weighted by molar-refractivity contribution is 6.55. The molecule has 0 atom stereocenters. The molecular formula is C15H18BClN2O3. The number of halogens is 1. The summed E-state index contributed by atoms with van der Waals surface area (Å²) in [4.78, 5) is 14.1. The molecule has 0 radical (unpaired) electrons. The van der Waals surface area contributed by atoms with Crippen LogP contribution in [0.5, 0.6) is 0 Å². The summed E-state index contributed by atoms with van der Waals surface area (Å²) in [6.45, 7) is 7.77. The van der Waals surface area contributed by atoms with E-state index in [4.69, 9.17) is 16.3 Å². The number of pyridine rings is 1. The van der Waals surface area contributed by atoms with E-state index in [0.29, 0.717) is 24.2 Å². The van der Waals surface area contributed by atoms with Gasteiger partial charge >= 0.3 is 7.12 Å². The maximum absolute atomic E-state index is 10.2. The summed E-state index contributed by atoms with van der Waals surface area (Å²) < 4.78 is 4.95. The maximum Gasteiger partial charge on any atom is 0.491 e. The molecule has 0 spiro atoms. The van der Waals surface area contributed by atoms with Gasteiger partial charge in [-0.25, -0.2) is 0 Å². The second-order valence-corrected chi connectivity index (χ2v) is 4.90. The van der Waals surface area contributed by atoms with Gasteiger partial charge in [-0.15, -0.1) is 0 Å². The summed E-state index contributed by atoms with van der Waals surface area (Å²) in [6, 6.07) is 1.77. The summed E-state index contributed by atoms with van der Waals surface area (Å²) in [5.41, 5.74) is 2.96. The molecule has 2 heterocycles. The predicted octanol–water partition coefficient (Wildman–Crippen LogP) is 2.21. The van der Waals surface area contributed by atoms with E-state index in [1.165, 1.54) is 0 Å². The molecule has 7 heteroatoms. The molecular weight excluding hydrogens is 302 g/mol. The quantitative estimate of drug-likeness (QED) is 0.661. The van der Waals surface area contributed by atoms with Crippen LogP contribution in [-0.4, -0.2) is 30.1 Å². The van der Waals surface area contributed by atoms with Gasteiger partial charge in [0.25, 0.3) is 0 Å². The number of hydrogen-bond acceptors (Lipinski definition) is 4. The number of hydrogen-bond donors (Lipinski definition) is 2. The fourth-order valence-electron chi connectivity index (χ4n) is 1.60. The zero-order valence-corrected chi connectivity index (χ0v) is 13.3. The molecule has 1 fully saturated rings. The summed E-state index contributed by atoms with van der Waals surface area (Å²) in [6.07, 6.45) is 7.36. The van der Waals surface area contributed by atoms with Crippen molar-refractivity contribution in [2.24, 2.45) is 0 Å². The van der Waals surface area contributed by atoms with E-state index in [-0.39, 0.29) is 0 Å². The van der Waals surface area contributed by atoms with E-state index >= 15 is 0 Å². The first kappa shape index (κ1) is 18.2. The van der Waals surface area contributed by atoms with Crippen molar-refractivity contribution >= 4 is 25.1 Å². The molecule has 1 aliphatic heterocycles. The van der Waals surface area contributed by atoms with Gasteiger partial charge in [0, 0.05) is 23.1 Å². The zero-order chi connectivity index (χ0) is 16.5. The summed E-state index contributed by atoms with van der Waals surface area (Å²) >= 11 is 5.67. The first-order valence-electron chi connectivity index (χ1n) is 6.61. The van der Waals surface area contributed by atoms with Gasteiger partial charge in [0.1, 0.15) is 0 Å². The Labute approximate surface area is 135 Å². The van der Waals surface area contributed by atoms with Crippen molar-refractivity contribution in [1.29, 1.82) is 0 Å². The van der Waals surface area contributed by atoms with Crippen molar-refractivity contribution in [1.82, 2.24) is 10.3 Å². The lowest BCUT2D eigenvalue weighted by Crippen LogP contribution is -2.15. The molecule has 1 aromatic heterocycles. The Kier molecular flexibility index (Phi) is 7.59. The van der Waals surface area contributed by atoms with E-state index in [2.05, 4.69) is 16.9 Å². The molecule has 2 N–H and O–H groups in total. The van der Waals surface area contributed by atoms with Gasteiger partial charge in [0.2, 0.25) is 6.41 Å². The summed E-state index contributed by atoms with van der Waals surface area (Å²) in [5, 5.41) is 12.7. The van der Waals surface area contributed by atoms with E-state index in [1.807, 2.05) is 6.92 Å². The van der Waals surface area contributed by atoms with Crippen LogP contribution >= 0.6 is 11.6 Å². The topological polar surface area (TPSA) is 71.5 Å². The third-order valence-corrected chi connectivity index (χ3v) is 3.31. The van der Waals surface area contributed by atoms with Gasteiger partial charge < -0.3 is 15.0 Å². The highest BCUT2D eigenvalue weighted by Gasteiger charge is 2.29. The van der Waals surface area contributed by atoms with Crippen molar-refractivity contribution in [3.8, 4) is 0 Å². The molecule has 1 saturated heterocycles. The Bertz CT molecular complexity index is 581. The number of amides is 1. The molecule has 116 valence electrons. The number of nitrogens with zero attached hydrogens (tertiary/aromatic N) is 1. The van der Waals surface area contributed by atoms with Crippen molar-refractivity contribution in [2.75, 3.05) is 6.61 Å². The lowest BCUT2D eigenvalue weighted by Gasteiger charge is -2.02. The van der Waals surface area contributed by atoms with Crippen LogP contribution in [0.25, 0.3) is 0 Å². The summed E-state index contributed by atoms with van der Waals surface area (Å²) in [5.74, 6) is 0. The van der Waals surface area contributed by atoms with Crippen LogP contribution in [0.3, 0.4) is 0 Å². The van der Waals surface area contributed by atoms with Crippen LogP contribution < -0.4 is 5.32 Å². The summed E-state index contributed by atoms with van der Waals surface area (Å²) in [7, 11) is -0.939. The molecule has 0 aromatic carbocycles. The van der Waals surface area contributed by atoms with E-state index in [0.717, 1.165) is 16.2 Å². The Balaban J connectivity index is 0.000000255. The van der Waals surface area contributed by atoms with Crippen LogP contribution in [-0.2, 0) is 9.45 Å². The maximum atomic E-state index is 10.2. The Hall–Kier alpha value is -1.89. The van der Waals surface area contributed by atoms with Gasteiger partial charge in [-0.2, -0.15) is 0 Å². The smallest absolute Gasteiger partial charge is 0.423 e. The third kappa shape index (κ3) is 5.48. The Morgan fingerprint density at radius 3 is 2.77 bits per heavy atom. The minimum Gasteiger partial charge on any atom is -0.423 e. The van der Waals surface area contributed by atoms with Crippen molar-refractivity contribution < 1.29 is 14.5 Å². The first-order chi connectivity index (χ1) is 10.5. The monoisotopic (exact) mass is 320 g/mol. The van der Waals surface area contributed by atoms with Crippen LogP contribution in [0.1, 0.15) is 12.5 Å². The van der Waals surface area contributed by atoms with Crippen LogP contribution in [0.4, 0.5) is 0 Å². The normalized spacial score (nSPS) is 16.4. The Morgan fingerprint density at radius 1 is 1.64 bits per heavy atom. The molecule has 5 nitrogen and oxygen atoms in total. The van der Waals surface area contributed by atoms with Crippen molar-refractivity contribution in [3.63, 3.8) is 0 Å². The number of carbonyl (C=O) groups excluding carboxylic acids is 1. The van der Waals surface area contributed by atoms with Gasteiger partial charge in [-0.05, 0) is 42.6 Å². The molecule has 2 rings (SSSR count).